The molecule has 0 spiro atoms. The minimum Gasteiger partial charge on any atom is -0.497 e. The summed E-state index contributed by atoms with van der Waals surface area (Å²) in [7, 11) is 3.23. The van der Waals surface area contributed by atoms with Gasteiger partial charge in [-0.25, -0.2) is 4.39 Å². The molecule has 154 valence electrons. The lowest BCUT2D eigenvalue weighted by atomic mass is 9.97. The molecule has 0 aromatic heterocycles. The zero-order valence-electron chi connectivity index (χ0n) is 16.4. The van der Waals surface area contributed by atoms with Gasteiger partial charge in [-0.1, -0.05) is 35.3 Å². The molecule has 1 aliphatic heterocycles. The van der Waals surface area contributed by atoms with E-state index >= 15 is 0 Å². The highest BCUT2D eigenvalue weighted by molar-refractivity contribution is 6.35. The van der Waals surface area contributed by atoms with Gasteiger partial charge in [-0.15, -0.1) is 0 Å². The van der Waals surface area contributed by atoms with Crippen LogP contribution < -0.4 is 14.5 Å². The van der Waals surface area contributed by atoms with Crippen LogP contribution in [0.1, 0.15) is 23.6 Å². The first-order valence-corrected chi connectivity index (χ1v) is 10.1. The summed E-state index contributed by atoms with van der Waals surface area (Å²) in [5.74, 6) is 1.08. The van der Waals surface area contributed by atoms with Crippen molar-refractivity contribution in [3.63, 3.8) is 0 Å². The molecule has 3 aromatic rings. The number of nitrogens with zero attached hydrogens (tertiary/aromatic N) is 2. The molecule has 0 saturated heterocycles. The summed E-state index contributed by atoms with van der Waals surface area (Å²) in [6, 6.07) is 17.0. The van der Waals surface area contributed by atoms with Gasteiger partial charge in [-0.2, -0.15) is 5.10 Å². The highest BCUT2D eigenvalue weighted by atomic mass is 35.5. The Balaban J connectivity index is 1.82. The maximum absolute atomic E-state index is 13.4. The van der Waals surface area contributed by atoms with Crippen LogP contribution in [0.4, 0.5) is 10.1 Å². The van der Waals surface area contributed by atoms with Gasteiger partial charge in [0.25, 0.3) is 0 Å². The molecule has 1 atom stereocenters. The van der Waals surface area contributed by atoms with Crippen LogP contribution in [-0.2, 0) is 0 Å². The third-order valence-electron chi connectivity index (χ3n) is 5.04. The Bertz CT molecular complexity index is 1100. The lowest BCUT2D eigenvalue weighted by molar-refractivity contribution is 0.388. The van der Waals surface area contributed by atoms with Crippen LogP contribution in [-0.4, -0.2) is 19.9 Å². The number of benzene rings is 3. The number of rotatable bonds is 5. The molecule has 3 aromatic carbocycles. The van der Waals surface area contributed by atoms with E-state index < -0.39 is 0 Å². The number of halogens is 3. The molecular formula is C23H19Cl2FN2O2. The number of hydrogen-bond acceptors (Lipinski definition) is 4. The van der Waals surface area contributed by atoms with Gasteiger partial charge in [0, 0.05) is 23.1 Å². The van der Waals surface area contributed by atoms with E-state index in [4.69, 9.17) is 37.8 Å². The van der Waals surface area contributed by atoms with Crippen molar-refractivity contribution in [3.8, 4) is 11.5 Å². The van der Waals surface area contributed by atoms with E-state index in [-0.39, 0.29) is 11.9 Å². The van der Waals surface area contributed by atoms with Crippen molar-refractivity contribution in [1.82, 2.24) is 0 Å². The normalized spacial score (nSPS) is 15.8. The first-order chi connectivity index (χ1) is 14.5. The quantitative estimate of drug-likeness (QED) is 0.449. The molecule has 4 nitrogen and oxygen atoms in total. The monoisotopic (exact) mass is 444 g/mol. The van der Waals surface area contributed by atoms with Gasteiger partial charge >= 0.3 is 0 Å². The Morgan fingerprint density at radius 1 is 0.967 bits per heavy atom. The van der Waals surface area contributed by atoms with E-state index in [0.29, 0.717) is 33.7 Å². The number of hydrogen-bond donors (Lipinski definition) is 0. The molecule has 0 aliphatic carbocycles. The van der Waals surface area contributed by atoms with Gasteiger partial charge in [0.1, 0.15) is 17.3 Å². The van der Waals surface area contributed by atoms with Gasteiger partial charge in [0.05, 0.1) is 36.7 Å². The Kier molecular flexibility index (Phi) is 5.84. The van der Waals surface area contributed by atoms with Gasteiger partial charge in [0.2, 0.25) is 0 Å². The number of anilines is 1. The van der Waals surface area contributed by atoms with Crippen LogP contribution in [0.25, 0.3) is 0 Å². The third-order valence-corrected chi connectivity index (χ3v) is 5.60. The minimum absolute atomic E-state index is 0.193. The van der Waals surface area contributed by atoms with Gasteiger partial charge in [0.15, 0.2) is 0 Å². The first-order valence-electron chi connectivity index (χ1n) is 9.30. The number of methoxy groups -OCH3 is 2. The fraction of sp³-hybridized carbons (Fsp3) is 0.174. The Hall–Kier alpha value is -2.76. The molecule has 0 amide bonds. The average molecular weight is 445 g/mol. The summed E-state index contributed by atoms with van der Waals surface area (Å²) < 4.78 is 24.4. The lowest BCUT2D eigenvalue weighted by Gasteiger charge is -2.26. The second kappa shape index (κ2) is 8.54. The van der Waals surface area contributed by atoms with Crippen molar-refractivity contribution in [1.29, 1.82) is 0 Å². The SMILES string of the molecule is COc1ccc([C@H]2CC(c3ccc(F)cc3)=NN2c2cc(Cl)ccc2Cl)c(OC)c1. The lowest BCUT2D eigenvalue weighted by Crippen LogP contribution is -2.19. The summed E-state index contributed by atoms with van der Waals surface area (Å²) in [6.45, 7) is 0. The predicted molar refractivity (Wildman–Crippen MR) is 119 cm³/mol. The summed E-state index contributed by atoms with van der Waals surface area (Å²) >= 11 is 12.7. The van der Waals surface area contributed by atoms with E-state index in [2.05, 4.69) is 0 Å². The topological polar surface area (TPSA) is 34.1 Å². The molecule has 0 N–H and O–H groups in total. The molecule has 1 heterocycles. The van der Waals surface area contributed by atoms with Crippen LogP contribution in [0.15, 0.2) is 65.8 Å². The van der Waals surface area contributed by atoms with Crippen molar-refractivity contribution in [3.05, 3.63) is 87.7 Å². The molecule has 0 bridgehead atoms. The van der Waals surface area contributed by atoms with E-state index in [1.807, 2.05) is 23.2 Å². The maximum Gasteiger partial charge on any atom is 0.127 e. The zero-order chi connectivity index (χ0) is 21.3. The van der Waals surface area contributed by atoms with Crippen molar-refractivity contribution in [2.75, 3.05) is 19.2 Å². The van der Waals surface area contributed by atoms with E-state index in [1.54, 1.807) is 44.6 Å². The fourth-order valence-corrected chi connectivity index (χ4v) is 3.92. The molecule has 0 fully saturated rings. The summed E-state index contributed by atoms with van der Waals surface area (Å²) in [6.07, 6.45) is 0.581. The second-order valence-corrected chi connectivity index (χ2v) is 7.67. The average Bonchev–Trinajstić information content (AvgIpc) is 3.20. The van der Waals surface area contributed by atoms with Crippen LogP contribution in [0, 0.1) is 5.82 Å². The van der Waals surface area contributed by atoms with Crippen molar-refractivity contribution >= 4 is 34.6 Å². The molecule has 7 heteroatoms. The molecular weight excluding hydrogens is 426 g/mol. The second-order valence-electron chi connectivity index (χ2n) is 6.82. The van der Waals surface area contributed by atoms with Crippen LogP contribution in [0.2, 0.25) is 10.0 Å². The largest absolute Gasteiger partial charge is 0.497 e. The van der Waals surface area contributed by atoms with Crippen molar-refractivity contribution in [2.45, 2.75) is 12.5 Å². The van der Waals surface area contributed by atoms with Crippen LogP contribution in [0.5, 0.6) is 11.5 Å². The number of hydrazone groups is 1. The highest BCUT2D eigenvalue weighted by Crippen LogP contribution is 2.44. The fourth-order valence-electron chi connectivity index (χ4n) is 3.55. The summed E-state index contributed by atoms with van der Waals surface area (Å²) in [5.41, 5.74) is 3.27. The van der Waals surface area contributed by atoms with Gasteiger partial charge in [-0.05, 0) is 48.0 Å². The van der Waals surface area contributed by atoms with Crippen molar-refractivity contribution < 1.29 is 13.9 Å². The van der Waals surface area contributed by atoms with Gasteiger partial charge < -0.3 is 9.47 Å². The molecule has 0 unspecified atom stereocenters. The summed E-state index contributed by atoms with van der Waals surface area (Å²) in [4.78, 5) is 0. The Labute approximate surface area is 184 Å². The van der Waals surface area contributed by atoms with Crippen LogP contribution >= 0.6 is 23.2 Å². The first kappa shape index (κ1) is 20.5. The number of ether oxygens (including phenoxy) is 2. The Morgan fingerprint density at radius 2 is 1.73 bits per heavy atom. The van der Waals surface area contributed by atoms with Gasteiger partial charge in [-0.3, -0.25) is 5.01 Å². The molecule has 0 radical (unpaired) electrons. The minimum atomic E-state index is -0.291. The van der Waals surface area contributed by atoms with Crippen molar-refractivity contribution in [2.24, 2.45) is 5.10 Å². The van der Waals surface area contributed by atoms with E-state index in [9.17, 15) is 4.39 Å². The predicted octanol–water partition coefficient (Wildman–Crippen LogP) is 6.51. The molecule has 4 rings (SSSR count). The molecule has 0 saturated carbocycles. The summed E-state index contributed by atoms with van der Waals surface area (Å²) in [5, 5.41) is 7.76. The maximum atomic E-state index is 13.4. The standard InChI is InChI=1S/C23H19Cl2FN2O2/c1-29-17-8-9-18(23(12-17)30-2)21-13-20(14-3-6-16(26)7-4-14)27-28(21)22-11-15(24)5-10-19(22)25/h3-12,21H,13H2,1-2H3/t21-/m1/s1. The molecule has 1 aliphatic rings. The van der Waals surface area contributed by atoms with E-state index in [0.717, 1.165) is 16.8 Å². The smallest absolute Gasteiger partial charge is 0.127 e. The zero-order valence-corrected chi connectivity index (χ0v) is 17.9. The third kappa shape index (κ3) is 3.95. The van der Waals surface area contributed by atoms with Crippen LogP contribution in [0.3, 0.4) is 0 Å². The van der Waals surface area contributed by atoms with E-state index in [1.165, 1.54) is 12.1 Å². The Morgan fingerprint density at radius 3 is 2.43 bits per heavy atom. The highest BCUT2D eigenvalue weighted by Gasteiger charge is 2.33. The molecule has 30 heavy (non-hydrogen) atoms.